The smallest absolute Gasteiger partial charge is 0.272 e. The highest BCUT2D eigenvalue weighted by molar-refractivity contribution is 5.92. The van der Waals surface area contributed by atoms with Gasteiger partial charge in [-0.15, -0.1) is 10.2 Å². The van der Waals surface area contributed by atoms with Crippen LogP contribution in [0.25, 0.3) is 0 Å². The van der Waals surface area contributed by atoms with Gasteiger partial charge in [0.1, 0.15) is 23.9 Å². The first-order chi connectivity index (χ1) is 12.1. The van der Waals surface area contributed by atoms with E-state index in [1.54, 1.807) is 19.2 Å². The Kier molecular flexibility index (Phi) is 7.00. The number of rotatable bonds is 9. The molecule has 1 aromatic heterocycles. The number of amides is 1. The number of nitrogens with one attached hydrogen (secondary N) is 2. The monoisotopic (exact) mass is 344 g/mol. The third-order valence-corrected chi connectivity index (χ3v) is 3.62. The maximum Gasteiger partial charge on any atom is 0.272 e. The van der Waals surface area contributed by atoms with Crippen molar-refractivity contribution in [3.63, 3.8) is 0 Å². The Morgan fingerprint density at radius 1 is 1.12 bits per heavy atom. The molecular formula is C18H24N4O3. The van der Waals surface area contributed by atoms with Crippen molar-refractivity contribution in [2.24, 2.45) is 0 Å². The van der Waals surface area contributed by atoms with E-state index < -0.39 is 0 Å². The van der Waals surface area contributed by atoms with Gasteiger partial charge in [0.2, 0.25) is 0 Å². The molecule has 25 heavy (non-hydrogen) atoms. The zero-order valence-electron chi connectivity index (χ0n) is 14.8. The summed E-state index contributed by atoms with van der Waals surface area (Å²) in [5.74, 6) is 1.94. The minimum absolute atomic E-state index is 0.113. The Labute approximate surface area is 147 Å². The first-order valence-corrected chi connectivity index (χ1v) is 8.27. The first-order valence-electron chi connectivity index (χ1n) is 8.27. The Bertz CT molecular complexity index is 659. The molecule has 0 saturated heterocycles. The number of methoxy groups -OCH3 is 1. The SMILES string of the molecule is CCC(C)NC(=O)c1ccc(NCCOc2ccc(OC)cc2)nn1. The summed E-state index contributed by atoms with van der Waals surface area (Å²) in [6.07, 6.45) is 0.868. The van der Waals surface area contributed by atoms with Crippen LogP contribution in [0.3, 0.4) is 0 Å². The fourth-order valence-corrected chi connectivity index (χ4v) is 1.97. The molecule has 134 valence electrons. The highest BCUT2D eigenvalue weighted by Crippen LogP contribution is 2.16. The molecule has 1 aromatic carbocycles. The maximum atomic E-state index is 11.9. The molecule has 0 aliphatic rings. The summed E-state index contributed by atoms with van der Waals surface area (Å²) in [6.45, 7) is 5.01. The number of hydrogen-bond donors (Lipinski definition) is 2. The van der Waals surface area contributed by atoms with Gasteiger partial charge in [-0.05, 0) is 49.7 Å². The van der Waals surface area contributed by atoms with E-state index >= 15 is 0 Å². The average molecular weight is 344 g/mol. The second-order valence-electron chi connectivity index (χ2n) is 5.54. The summed E-state index contributed by atoms with van der Waals surface area (Å²) in [4.78, 5) is 11.9. The molecule has 2 aromatic rings. The molecule has 2 rings (SSSR count). The molecule has 7 nitrogen and oxygen atoms in total. The number of aromatic nitrogens is 2. The Balaban J connectivity index is 1.74. The van der Waals surface area contributed by atoms with Crippen LogP contribution in [-0.4, -0.2) is 42.4 Å². The van der Waals surface area contributed by atoms with Crippen LogP contribution in [-0.2, 0) is 0 Å². The Morgan fingerprint density at radius 3 is 2.44 bits per heavy atom. The Morgan fingerprint density at radius 2 is 1.84 bits per heavy atom. The van der Waals surface area contributed by atoms with Crippen molar-refractivity contribution in [1.29, 1.82) is 0 Å². The van der Waals surface area contributed by atoms with Gasteiger partial charge in [0, 0.05) is 6.04 Å². The quantitative estimate of drug-likeness (QED) is 0.680. The van der Waals surface area contributed by atoms with Gasteiger partial charge < -0.3 is 20.1 Å². The molecule has 0 aliphatic carbocycles. The number of ether oxygens (including phenoxy) is 2. The Hall–Kier alpha value is -2.83. The third-order valence-electron chi connectivity index (χ3n) is 3.62. The van der Waals surface area contributed by atoms with Crippen LogP contribution in [0.1, 0.15) is 30.8 Å². The number of anilines is 1. The van der Waals surface area contributed by atoms with Crippen molar-refractivity contribution >= 4 is 11.7 Å². The standard InChI is InChI=1S/C18H24N4O3/c1-4-13(2)20-18(23)16-9-10-17(22-21-16)19-11-12-25-15-7-5-14(24-3)6-8-15/h5-10,13H,4,11-12H2,1-3H3,(H,19,22)(H,20,23). The minimum Gasteiger partial charge on any atom is -0.497 e. The lowest BCUT2D eigenvalue weighted by molar-refractivity contribution is 0.0933. The second kappa shape index (κ2) is 9.46. The highest BCUT2D eigenvalue weighted by Gasteiger charge is 2.10. The highest BCUT2D eigenvalue weighted by atomic mass is 16.5. The van der Waals surface area contributed by atoms with E-state index in [-0.39, 0.29) is 11.9 Å². The predicted octanol–water partition coefficient (Wildman–Crippen LogP) is 2.50. The van der Waals surface area contributed by atoms with E-state index in [9.17, 15) is 4.79 Å². The molecule has 1 heterocycles. The van der Waals surface area contributed by atoms with Gasteiger partial charge in [-0.2, -0.15) is 0 Å². The van der Waals surface area contributed by atoms with Crippen LogP contribution >= 0.6 is 0 Å². The van der Waals surface area contributed by atoms with Gasteiger partial charge in [0.25, 0.3) is 5.91 Å². The lowest BCUT2D eigenvalue weighted by atomic mass is 10.2. The van der Waals surface area contributed by atoms with Gasteiger partial charge in [-0.3, -0.25) is 4.79 Å². The van der Waals surface area contributed by atoms with Gasteiger partial charge in [0.05, 0.1) is 13.7 Å². The normalized spacial score (nSPS) is 11.5. The molecule has 0 fully saturated rings. The molecule has 2 N–H and O–H groups in total. The van der Waals surface area contributed by atoms with Crippen molar-refractivity contribution < 1.29 is 14.3 Å². The molecule has 0 radical (unpaired) electrons. The number of benzene rings is 1. The van der Waals surface area contributed by atoms with Crippen molar-refractivity contribution in [2.75, 3.05) is 25.6 Å². The minimum atomic E-state index is -0.212. The second-order valence-corrected chi connectivity index (χ2v) is 5.54. The molecule has 0 aliphatic heterocycles. The van der Waals surface area contributed by atoms with Crippen molar-refractivity contribution in [2.45, 2.75) is 26.3 Å². The van der Waals surface area contributed by atoms with E-state index in [1.165, 1.54) is 0 Å². The van der Waals surface area contributed by atoms with Crippen molar-refractivity contribution in [3.05, 3.63) is 42.1 Å². The summed E-state index contributed by atoms with van der Waals surface area (Å²) in [6, 6.07) is 10.9. The van der Waals surface area contributed by atoms with E-state index in [1.807, 2.05) is 38.1 Å². The fraction of sp³-hybridized carbons (Fsp3) is 0.389. The van der Waals surface area contributed by atoms with Crippen LogP contribution in [0.5, 0.6) is 11.5 Å². The first kappa shape index (κ1) is 18.5. The summed E-state index contributed by atoms with van der Waals surface area (Å²) >= 11 is 0. The van der Waals surface area contributed by atoms with Crippen LogP contribution in [0.15, 0.2) is 36.4 Å². The largest absolute Gasteiger partial charge is 0.497 e. The maximum absolute atomic E-state index is 11.9. The van der Waals surface area contributed by atoms with Crippen LogP contribution < -0.4 is 20.1 Å². The van der Waals surface area contributed by atoms with Gasteiger partial charge >= 0.3 is 0 Å². The van der Waals surface area contributed by atoms with E-state index in [0.717, 1.165) is 17.9 Å². The summed E-state index contributed by atoms with van der Waals surface area (Å²) in [7, 11) is 1.63. The molecule has 0 spiro atoms. The number of nitrogens with zero attached hydrogens (tertiary/aromatic N) is 2. The summed E-state index contributed by atoms with van der Waals surface area (Å²) in [5.41, 5.74) is 0.306. The van der Waals surface area contributed by atoms with Crippen molar-refractivity contribution in [1.82, 2.24) is 15.5 Å². The van der Waals surface area contributed by atoms with Gasteiger partial charge in [-0.1, -0.05) is 6.92 Å². The number of carbonyl (C=O) groups is 1. The molecule has 1 unspecified atom stereocenters. The van der Waals surface area contributed by atoms with E-state index in [0.29, 0.717) is 24.7 Å². The number of hydrogen-bond acceptors (Lipinski definition) is 6. The molecule has 7 heteroatoms. The number of carbonyl (C=O) groups excluding carboxylic acids is 1. The lowest BCUT2D eigenvalue weighted by Crippen LogP contribution is -2.32. The van der Waals surface area contributed by atoms with Gasteiger partial charge in [-0.25, -0.2) is 0 Å². The van der Waals surface area contributed by atoms with Crippen LogP contribution in [0.4, 0.5) is 5.82 Å². The summed E-state index contributed by atoms with van der Waals surface area (Å²) < 4.78 is 10.7. The van der Waals surface area contributed by atoms with E-state index in [4.69, 9.17) is 9.47 Å². The molecule has 1 atom stereocenters. The molecule has 0 saturated carbocycles. The fourth-order valence-electron chi connectivity index (χ4n) is 1.97. The van der Waals surface area contributed by atoms with Gasteiger partial charge in [0.15, 0.2) is 5.69 Å². The zero-order valence-corrected chi connectivity index (χ0v) is 14.8. The topological polar surface area (TPSA) is 85.4 Å². The van der Waals surface area contributed by atoms with E-state index in [2.05, 4.69) is 20.8 Å². The van der Waals surface area contributed by atoms with Crippen molar-refractivity contribution in [3.8, 4) is 11.5 Å². The summed E-state index contributed by atoms with van der Waals surface area (Å²) in [5, 5.41) is 13.9. The third kappa shape index (κ3) is 5.95. The van der Waals surface area contributed by atoms with Crippen LogP contribution in [0.2, 0.25) is 0 Å². The lowest BCUT2D eigenvalue weighted by Gasteiger charge is -2.11. The van der Waals surface area contributed by atoms with Crippen LogP contribution in [0, 0.1) is 0 Å². The molecule has 1 amide bonds. The molecular weight excluding hydrogens is 320 g/mol. The zero-order chi connectivity index (χ0) is 18.1. The molecule has 0 bridgehead atoms. The predicted molar refractivity (Wildman–Crippen MR) is 96.2 cm³/mol. The average Bonchev–Trinajstić information content (AvgIpc) is 2.66.